The molecule has 2 heterocycles. The second kappa shape index (κ2) is 6.70. The van der Waals surface area contributed by atoms with E-state index in [1.54, 1.807) is 0 Å². The van der Waals surface area contributed by atoms with Gasteiger partial charge in [0.2, 0.25) is 0 Å². The predicted molar refractivity (Wildman–Crippen MR) is 84.6 cm³/mol. The molecule has 0 bridgehead atoms. The van der Waals surface area contributed by atoms with Gasteiger partial charge in [-0.2, -0.15) is 34.1 Å². The maximum atomic E-state index is 12.6. The van der Waals surface area contributed by atoms with Gasteiger partial charge in [0.15, 0.2) is 0 Å². The molecule has 2 fully saturated rings. The van der Waals surface area contributed by atoms with Crippen molar-refractivity contribution in [1.82, 2.24) is 17.2 Å². The highest BCUT2D eigenvalue weighted by Gasteiger charge is 2.37. The van der Waals surface area contributed by atoms with Crippen LogP contribution in [0.4, 0.5) is 0 Å². The van der Waals surface area contributed by atoms with Crippen LogP contribution in [-0.4, -0.2) is 87.4 Å². The summed E-state index contributed by atoms with van der Waals surface area (Å²) in [6.07, 6.45) is 1.94. The zero-order valence-electron chi connectivity index (χ0n) is 13.5. The fourth-order valence-corrected chi connectivity index (χ4v) is 5.72. The molecule has 2 aliphatic rings. The largest absolute Gasteiger partial charge is 0.282 e. The molecule has 0 amide bonds. The molecule has 0 aliphatic carbocycles. The van der Waals surface area contributed by atoms with Crippen LogP contribution in [0.3, 0.4) is 0 Å². The minimum Gasteiger partial charge on any atom is -0.195 e. The van der Waals surface area contributed by atoms with Crippen molar-refractivity contribution in [3.05, 3.63) is 0 Å². The number of hydrogen-bond donors (Lipinski definition) is 0. The molecule has 0 aromatic carbocycles. The first-order chi connectivity index (χ1) is 10.2. The van der Waals surface area contributed by atoms with Gasteiger partial charge in [-0.3, -0.25) is 0 Å². The monoisotopic (exact) mass is 354 g/mol. The quantitative estimate of drug-likeness (QED) is 0.674. The first kappa shape index (κ1) is 18.1. The lowest BCUT2D eigenvalue weighted by molar-refractivity contribution is 0.225. The maximum Gasteiger partial charge on any atom is 0.282 e. The fourth-order valence-electron chi connectivity index (χ4n) is 2.88. The smallest absolute Gasteiger partial charge is 0.195 e. The summed E-state index contributed by atoms with van der Waals surface area (Å²) in [5.41, 5.74) is 0. The van der Waals surface area contributed by atoms with Crippen LogP contribution in [0.2, 0.25) is 0 Å². The zero-order chi connectivity index (χ0) is 16.5. The van der Waals surface area contributed by atoms with Crippen LogP contribution < -0.4 is 0 Å². The summed E-state index contributed by atoms with van der Waals surface area (Å²) in [5, 5.41) is 0. The van der Waals surface area contributed by atoms with E-state index in [4.69, 9.17) is 0 Å². The highest BCUT2D eigenvalue weighted by atomic mass is 32.2. The molecular weight excluding hydrogens is 328 g/mol. The van der Waals surface area contributed by atoms with Crippen molar-refractivity contribution >= 4 is 20.4 Å². The highest BCUT2D eigenvalue weighted by Crippen LogP contribution is 2.22. The summed E-state index contributed by atoms with van der Waals surface area (Å²) in [6.45, 7) is 3.98. The zero-order valence-corrected chi connectivity index (χ0v) is 15.1. The highest BCUT2D eigenvalue weighted by molar-refractivity contribution is 7.87. The second-order valence-electron chi connectivity index (χ2n) is 6.20. The van der Waals surface area contributed by atoms with E-state index in [0.717, 1.165) is 17.1 Å². The second-order valence-corrected chi connectivity index (χ2v) is 10.3. The predicted octanol–water partition coefficient (Wildman–Crippen LogP) is -0.613. The van der Waals surface area contributed by atoms with Crippen molar-refractivity contribution in [3.63, 3.8) is 0 Å². The normalized spacial score (nSPS) is 27.4. The van der Waals surface area contributed by atoms with Gasteiger partial charge >= 0.3 is 0 Å². The van der Waals surface area contributed by atoms with Gasteiger partial charge in [0, 0.05) is 53.4 Å². The minimum absolute atomic E-state index is 0.198. The number of nitrogens with zero attached hydrogens (tertiary/aromatic N) is 4. The molecule has 130 valence electrons. The van der Waals surface area contributed by atoms with Gasteiger partial charge < -0.3 is 0 Å². The van der Waals surface area contributed by atoms with E-state index in [0.29, 0.717) is 19.0 Å². The summed E-state index contributed by atoms with van der Waals surface area (Å²) < 4.78 is 54.9. The lowest BCUT2D eigenvalue weighted by Crippen LogP contribution is -2.56. The number of hydrogen-bond acceptors (Lipinski definition) is 4. The third-order valence-corrected chi connectivity index (χ3v) is 8.20. The number of piperazine rings is 1. The van der Waals surface area contributed by atoms with E-state index in [2.05, 4.69) is 6.92 Å². The Morgan fingerprint density at radius 3 is 1.91 bits per heavy atom. The molecule has 22 heavy (non-hydrogen) atoms. The third kappa shape index (κ3) is 3.62. The Morgan fingerprint density at radius 1 is 0.864 bits per heavy atom. The van der Waals surface area contributed by atoms with Crippen LogP contribution in [0.25, 0.3) is 0 Å². The molecule has 10 heteroatoms. The van der Waals surface area contributed by atoms with E-state index < -0.39 is 20.4 Å². The number of piperidine rings is 1. The molecule has 0 spiro atoms. The average Bonchev–Trinajstić information content (AvgIpc) is 2.47. The molecule has 1 unspecified atom stereocenters. The van der Waals surface area contributed by atoms with Crippen molar-refractivity contribution in [3.8, 4) is 0 Å². The van der Waals surface area contributed by atoms with Crippen molar-refractivity contribution in [1.29, 1.82) is 0 Å². The molecule has 2 saturated heterocycles. The van der Waals surface area contributed by atoms with Gasteiger partial charge in [0.1, 0.15) is 0 Å². The van der Waals surface area contributed by atoms with Crippen molar-refractivity contribution in [2.24, 2.45) is 5.92 Å². The lowest BCUT2D eigenvalue weighted by Gasteiger charge is -2.38. The SMILES string of the molecule is CC1CCCN(S(=O)(=O)N2CCN(S(=O)(=O)N(C)C)CC2)C1. The van der Waals surface area contributed by atoms with E-state index in [-0.39, 0.29) is 26.2 Å². The lowest BCUT2D eigenvalue weighted by atomic mass is 10.0. The summed E-state index contributed by atoms with van der Waals surface area (Å²) in [6, 6.07) is 0. The van der Waals surface area contributed by atoms with Gasteiger partial charge in [0.05, 0.1) is 0 Å². The fraction of sp³-hybridized carbons (Fsp3) is 1.00. The molecule has 0 saturated carbocycles. The molecule has 2 rings (SSSR count). The van der Waals surface area contributed by atoms with Crippen LogP contribution >= 0.6 is 0 Å². The number of rotatable bonds is 4. The molecular formula is C12H26N4O4S2. The Kier molecular flexibility index (Phi) is 5.50. The van der Waals surface area contributed by atoms with Crippen LogP contribution in [0.15, 0.2) is 0 Å². The van der Waals surface area contributed by atoms with Gasteiger partial charge in [-0.25, -0.2) is 0 Å². The third-order valence-electron chi connectivity index (χ3n) is 4.26. The van der Waals surface area contributed by atoms with E-state index in [1.807, 2.05) is 0 Å². The van der Waals surface area contributed by atoms with E-state index in [1.165, 1.54) is 27.0 Å². The van der Waals surface area contributed by atoms with Crippen molar-refractivity contribution in [2.45, 2.75) is 19.8 Å². The van der Waals surface area contributed by atoms with Crippen LogP contribution in [-0.2, 0) is 20.4 Å². The summed E-state index contributed by atoms with van der Waals surface area (Å²) >= 11 is 0. The molecule has 2 aliphatic heterocycles. The Balaban J connectivity index is 2.02. The summed E-state index contributed by atoms with van der Waals surface area (Å²) in [4.78, 5) is 0. The molecule has 0 aromatic heterocycles. The van der Waals surface area contributed by atoms with E-state index in [9.17, 15) is 16.8 Å². The molecule has 1 atom stereocenters. The van der Waals surface area contributed by atoms with Crippen LogP contribution in [0, 0.1) is 5.92 Å². The molecule has 0 N–H and O–H groups in total. The van der Waals surface area contributed by atoms with Gasteiger partial charge in [-0.15, -0.1) is 0 Å². The Bertz CT molecular complexity index is 582. The standard InChI is InChI=1S/C12H26N4O4S2/c1-12-5-4-6-16(11-12)22(19,20)15-9-7-14(8-10-15)21(17,18)13(2)3/h12H,4-11H2,1-3H3. The van der Waals surface area contributed by atoms with Crippen molar-refractivity contribution in [2.75, 3.05) is 53.4 Å². The van der Waals surface area contributed by atoms with E-state index >= 15 is 0 Å². The van der Waals surface area contributed by atoms with Crippen LogP contribution in [0.1, 0.15) is 19.8 Å². The Hall–Kier alpha value is -0.260. The average molecular weight is 354 g/mol. The Morgan fingerprint density at radius 2 is 1.41 bits per heavy atom. The van der Waals surface area contributed by atoms with Gasteiger partial charge in [0.25, 0.3) is 20.4 Å². The first-order valence-electron chi connectivity index (χ1n) is 7.58. The first-order valence-corrected chi connectivity index (χ1v) is 10.4. The minimum atomic E-state index is -3.48. The molecule has 0 aromatic rings. The summed E-state index contributed by atoms with van der Waals surface area (Å²) in [5.74, 6) is 0.374. The Labute approximate surface area is 134 Å². The van der Waals surface area contributed by atoms with Crippen LogP contribution in [0.5, 0.6) is 0 Å². The molecule has 0 radical (unpaired) electrons. The topological polar surface area (TPSA) is 81.2 Å². The van der Waals surface area contributed by atoms with Crippen molar-refractivity contribution < 1.29 is 16.8 Å². The van der Waals surface area contributed by atoms with Gasteiger partial charge in [-0.1, -0.05) is 6.92 Å². The summed E-state index contributed by atoms with van der Waals surface area (Å²) in [7, 11) is -3.99. The van der Waals surface area contributed by atoms with Gasteiger partial charge in [-0.05, 0) is 18.8 Å². The molecule has 8 nitrogen and oxygen atoms in total. The maximum absolute atomic E-state index is 12.6.